The summed E-state index contributed by atoms with van der Waals surface area (Å²) in [6.45, 7) is 2.52. The van der Waals surface area contributed by atoms with E-state index in [0.717, 1.165) is 11.3 Å². The van der Waals surface area contributed by atoms with E-state index in [1.165, 1.54) is 4.52 Å². The van der Waals surface area contributed by atoms with E-state index >= 15 is 0 Å². The van der Waals surface area contributed by atoms with Crippen molar-refractivity contribution in [2.45, 2.75) is 6.92 Å². The lowest BCUT2D eigenvalue weighted by Gasteiger charge is -2.06. The molecule has 0 saturated heterocycles. The van der Waals surface area contributed by atoms with Gasteiger partial charge in [0.25, 0.3) is 11.6 Å². The van der Waals surface area contributed by atoms with Crippen LogP contribution in [0.3, 0.4) is 0 Å². The Morgan fingerprint density at radius 2 is 2.05 bits per heavy atom. The van der Waals surface area contributed by atoms with Crippen molar-refractivity contribution in [1.82, 2.24) is 19.6 Å². The molecule has 0 bridgehead atoms. The Morgan fingerprint density at radius 1 is 1.29 bits per heavy atom. The number of carboxylic acid groups (broad SMARTS) is 1. The molecule has 7 heteroatoms. The van der Waals surface area contributed by atoms with Crippen molar-refractivity contribution < 1.29 is 14.6 Å². The number of benzene rings is 1. The number of rotatable bonds is 4. The minimum absolute atomic E-state index is 0.249. The van der Waals surface area contributed by atoms with Gasteiger partial charge in [-0.1, -0.05) is 0 Å². The van der Waals surface area contributed by atoms with Gasteiger partial charge in [0.2, 0.25) is 0 Å². The molecule has 21 heavy (non-hydrogen) atoms. The van der Waals surface area contributed by atoms with Crippen molar-refractivity contribution in [2.24, 2.45) is 0 Å². The summed E-state index contributed by atoms with van der Waals surface area (Å²) in [5, 5.41) is 12.9. The largest absolute Gasteiger partial charge is 0.494 e. The predicted molar refractivity (Wildman–Crippen MR) is 74.3 cm³/mol. The molecule has 1 aromatic carbocycles. The summed E-state index contributed by atoms with van der Waals surface area (Å²) in [7, 11) is 0. The van der Waals surface area contributed by atoms with Gasteiger partial charge in [-0.25, -0.2) is 9.78 Å². The first-order valence-electron chi connectivity index (χ1n) is 6.37. The number of ether oxygens (including phenoxy) is 1. The highest BCUT2D eigenvalue weighted by molar-refractivity contribution is 5.83. The maximum atomic E-state index is 11.0. The minimum Gasteiger partial charge on any atom is -0.494 e. The molecule has 0 radical (unpaired) electrons. The van der Waals surface area contributed by atoms with E-state index in [1.54, 1.807) is 12.3 Å². The van der Waals surface area contributed by atoms with Crippen LogP contribution in [0.4, 0.5) is 0 Å². The second-order valence-electron chi connectivity index (χ2n) is 4.24. The zero-order valence-electron chi connectivity index (χ0n) is 11.2. The maximum absolute atomic E-state index is 11.0. The molecule has 2 heterocycles. The average Bonchev–Trinajstić information content (AvgIpc) is 2.93. The number of carboxylic acids is 1. The van der Waals surface area contributed by atoms with Crippen molar-refractivity contribution in [3.8, 4) is 17.0 Å². The Morgan fingerprint density at radius 3 is 2.71 bits per heavy atom. The summed E-state index contributed by atoms with van der Waals surface area (Å²) >= 11 is 0. The Kier molecular flexibility index (Phi) is 3.23. The van der Waals surface area contributed by atoms with Crippen LogP contribution in [-0.4, -0.2) is 37.3 Å². The average molecular weight is 284 g/mol. The summed E-state index contributed by atoms with van der Waals surface area (Å²) in [6, 6.07) is 9.20. The molecule has 0 spiro atoms. The van der Waals surface area contributed by atoms with E-state index in [-0.39, 0.29) is 11.6 Å². The molecule has 0 aliphatic carbocycles. The minimum atomic E-state index is -1.18. The third kappa shape index (κ3) is 2.40. The molecule has 0 saturated carbocycles. The van der Waals surface area contributed by atoms with Crippen LogP contribution >= 0.6 is 0 Å². The standard InChI is InChI=1S/C14H12N4O3/c1-2-21-10-5-3-9(4-6-10)11-7-8-15-14-16-12(13(19)20)17-18(11)14/h3-8H,2H2,1H3,(H,19,20). The molecular weight excluding hydrogens is 272 g/mol. The number of carbonyl (C=O) groups is 1. The van der Waals surface area contributed by atoms with Gasteiger partial charge >= 0.3 is 5.97 Å². The van der Waals surface area contributed by atoms with E-state index < -0.39 is 5.97 Å². The van der Waals surface area contributed by atoms with Crippen molar-refractivity contribution in [2.75, 3.05) is 6.61 Å². The van der Waals surface area contributed by atoms with Gasteiger partial charge in [0, 0.05) is 11.8 Å². The first kappa shape index (κ1) is 13.0. The highest BCUT2D eigenvalue weighted by atomic mass is 16.5. The number of hydrogen-bond acceptors (Lipinski definition) is 5. The lowest BCUT2D eigenvalue weighted by atomic mass is 10.1. The molecule has 106 valence electrons. The van der Waals surface area contributed by atoms with Gasteiger partial charge < -0.3 is 9.84 Å². The van der Waals surface area contributed by atoms with Gasteiger partial charge in [-0.2, -0.15) is 9.50 Å². The summed E-state index contributed by atoms with van der Waals surface area (Å²) in [4.78, 5) is 18.8. The maximum Gasteiger partial charge on any atom is 0.375 e. The lowest BCUT2D eigenvalue weighted by Crippen LogP contribution is -2.00. The number of aromatic carboxylic acids is 1. The molecule has 3 rings (SSSR count). The molecule has 3 aromatic rings. The summed E-state index contributed by atoms with van der Waals surface area (Å²) in [5.41, 5.74) is 1.58. The quantitative estimate of drug-likeness (QED) is 0.786. The molecule has 0 fully saturated rings. The van der Waals surface area contributed by atoms with Crippen LogP contribution in [0.2, 0.25) is 0 Å². The van der Waals surface area contributed by atoms with Crippen molar-refractivity contribution in [1.29, 1.82) is 0 Å². The Balaban J connectivity index is 2.08. The van der Waals surface area contributed by atoms with Gasteiger partial charge in [0.05, 0.1) is 12.3 Å². The fourth-order valence-electron chi connectivity index (χ4n) is 1.99. The normalized spacial score (nSPS) is 10.7. The summed E-state index contributed by atoms with van der Waals surface area (Å²) in [5.74, 6) is -0.436. The van der Waals surface area contributed by atoms with Crippen LogP contribution < -0.4 is 4.74 Å². The van der Waals surface area contributed by atoms with E-state index in [9.17, 15) is 4.79 Å². The van der Waals surface area contributed by atoms with Crippen LogP contribution in [0.1, 0.15) is 17.5 Å². The fraction of sp³-hybridized carbons (Fsp3) is 0.143. The SMILES string of the molecule is CCOc1ccc(-c2ccnc3nc(C(=O)O)nn23)cc1. The first-order chi connectivity index (χ1) is 10.2. The molecule has 0 aliphatic heterocycles. The van der Waals surface area contributed by atoms with Gasteiger partial charge in [-0.05, 0) is 37.3 Å². The highest BCUT2D eigenvalue weighted by Crippen LogP contribution is 2.22. The van der Waals surface area contributed by atoms with E-state index in [1.807, 2.05) is 31.2 Å². The second kappa shape index (κ2) is 5.20. The molecule has 0 aliphatic rings. The summed E-state index contributed by atoms with van der Waals surface area (Å²) in [6.07, 6.45) is 1.57. The van der Waals surface area contributed by atoms with Crippen LogP contribution in [-0.2, 0) is 0 Å². The van der Waals surface area contributed by atoms with Crippen LogP contribution in [0, 0.1) is 0 Å². The molecular formula is C14H12N4O3. The zero-order valence-corrected chi connectivity index (χ0v) is 11.2. The van der Waals surface area contributed by atoms with Crippen molar-refractivity contribution in [3.05, 3.63) is 42.4 Å². The number of fused-ring (bicyclic) bond motifs is 1. The van der Waals surface area contributed by atoms with E-state index in [2.05, 4.69) is 15.1 Å². The van der Waals surface area contributed by atoms with Gasteiger partial charge in [-0.3, -0.25) is 0 Å². The number of aromatic nitrogens is 4. The Labute approximate surface area is 119 Å². The van der Waals surface area contributed by atoms with Crippen LogP contribution in [0.25, 0.3) is 17.0 Å². The van der Waals surface area contributed by atoms with Crippen LogP contribution in [0.5, 0.6) is 5.75 Å². The van der Waals surface area contributed by atoms with Gasteiger partial charge in [0.1, 0.15) is 5.75 Å². The predicted octanol–water partition coefficient (Wildman–Crippen LogP) is 1.89. The number of nitrogens with zero attached hydrogens (tertiary/aromatic N) is 4. The summed E-state index contributed by atoms with van der Waals surface area (Å²) < 4.78 is 6.81. The third-order valence-corrected chi connectivity index (χ3v) is 2.89. The topological polar surface area (TPSA) is 89.6 Å². The Hall–Kier alpha value is -2.96. The molecule has 0 amide bonds. The highest BCUT2D eigenvalue weighted by Gasteiger charge is 2.14. The molecule has 2 aromatic heterocycles. The van der Waals surface area contributed by atoms with E-state index in [4.69, 9.17) is 9.84 Å². The zero-order chi connectivity index (χ0) is 14.8. The number of hydrogen-bond donors (Lipinski definition) is 1. The molecule has 0 unspecified atom stereocenters. The Bertz CT molecular complexity index is 796. The molecule has 1 N–H and O–H groups in total. The van der Waals surface area contributed by atoms with Crippen LogP contribution in [0.15, 0.2) is 36.5 Å². The third-order valence-electron chi connectivity index (χ3n) is 2.89. The van der Waals surface area contributed by atoms with Gasteiger partial charge in [-0.15, -0.1) is 5.10 Å². The second-order valence-corrected chi connectivity index (χ2v) is 4.24. The van der Waals surface area contributed by atoms with Crippen molar-refractivity contribution in [3.63, 3.8) is 0 Å². The van der Waals surface area contributed by atoms with E-state index in [0.29, 0.717) is 12.3 Å². The molecule has 7 nitrogen and oxygen atoms in total. The lowest BCUT2D eigenvalue weighted by molar-refractivity contribution is 0.0684. The molecule has 0 atom stereocenters. The smallest absolute Gasteiger partial charge is 0.375 e. The first-order valence-corrected chi connectivity index (χ1v) is 6.37. The van der Waals surface area contributed by atoms with Crippen molar-refractivity contribution >= 4 is 11.7 Å². The van der Waals surface area contributed by atoms with Gasteiger partial charge in [0.15, 0.2) is 0 Å². The monoisotopic (exact) mass is 284 g/mol. The fourth-order valence-corrected chi connectivity index (χ4v) is 1.99.